The zero-order chi connectivity index (χ0) is 14.8. The van der Waals surface area contributed by atoms with Gasteiger partial charge in [0.25, 0.3) is 0 Å². The molecule has 0 spiro atoms. The van der Waals surface area contributed by atoms with Gasteiger partial charge in [0.05, 0.1) is 18.4 Å². The molecule has 0 fully saturated rings. The Morgan fingerprint density at radius 3 is 2.62 bits per heavy atom. The van der Waals surface area contributed by atoms with Crippen molar-refractivity contribution in [3.8, 4) is 22.8 Å². The number of hydrogen-bond donors (Lipinski definition) is 1. The van der Waals surface area contributed by atoms with E-state index in [1.807, 2.05) is 0 Å². The van der Waals surface area contributed by atoms with Crippen molar-refractivity contribution in [1.82, 2.24) is 20.2 Å². The van der Waals surface area contributed by atoms with Gasteiger partial charge in [0.15, 0.2) is 5.82 Å². The van der Waals surface area contributed by atoms with Gasteiger partial charge in [-0.25, -0.2) is 4.39 Å². The molecule has 0 saturated carbocycles. The van der Waals surface area contributed by atoms with Crippen LogP contribution in [0.3, 0.4) is 0 Å². The number of halogens is 1. The summed E-state index contributed by atoms with van der Waals surface area (Å²) in [6, 6.07) is 11.1. The standard InChI is InChI=1S/C14H12FN5O/c1-21-13-7-4-10(16)8-12(13)14-17-18-19-20(14)11-5-2-9(15)3-6-11/h2-8H,16H2,1H3. The van der Waals surface area contributed by atoms with Crippen molar-refractivity contribution in [3.63, 3.8) is 0 Å². The van der Waals surface area contributed by atoms with Gasteiger partial charge in [-0.15, -0.1) is 5.10 Å². The number of rotatable bonds is 3. The minimum Gasteiger partial charge on any atom is -0.496 e. The number of aromatic nitrogens is 4. The van der Waals surface area contributed by atoms with Crippen molar-refractivity contribution in [2.75, 3.05) is 12.8 Å². The molecule has 3 aromatic rings. The highest BCUT2D eigenvalue weighted by atomic mass is 19.1. The highest BCUT2D eigenvalue weighted by molar-refractivity contribution is 5.69. The molecule has 0 aliphatic rings. The van der Waals surface area contributed by atoms with Crippen molar-refractivity contribution in [2.24, 2.45) is 0 Å². The largest absolute Gasteiger partial charge is 0.496 e. The molecule has 0 unspecified atom stereocenters. The van der Waals surface area contributed by atoms with Crippen LogP contribution in [0.15, 0.2) is 42.5 Å². The van der Waals surface area contributed by atoms with E-state index in [1.54, 1.807) is 37.4 Å². The summed E-state index contributed by atoms with van der Waals surface area (Å²) >= 11 is 0. The first-order chi connectivity index (χ1) is 10.2. The van der Waals surface area contributed by atoms with Crippen LogP contribution < -0.4 is 10.5 Å². The summed E-state index contributed by atoms with van der Waals surface area (Å²) in [6.45, 7) is 0. The molecule has 0 aliphatic heterocycles. The highest BCUT2D eigenvalue weighted by Gasteiger charge is 2.15. The molecule has 2 aromatic carbocycles. The molecule has 106 valence electrons. The molecular weight excluding hydrogens is 273 g/mol. The lowest BCUT2D eigenvalue weighted by atomic mass is 10.1. The Labute approximate surface area is 120 Å². The molecule has 7 heteroatoms. The number of nitrogens with two attached hydrogens (primary N) is 1. The first kappa shape index (κ1) is 13.0. The van der Waals surface area contributed by atoms with Crippen LogP contribution in [-0.4, -0.2) is 27.3 Å². The third-order valence-corrected chi connectivity index (χ3v) is 3.01. The molecule has 6 nitrogen and oxygen atoms in total. The monoisotopic (exact) mass is 285 g/mol. The van der Waals surface area contributed by atoms with Crippen molar-refractivity contribution in [2.45, 2.75) is 0 Å². The fourth-order valence-electron chi connectivity index (χ4n) is 2.01. The second kappa shape index (κ2) is 5.20. The van der Waals surface area contributed by atoms with Gasteiger partial charge in [0.1, 0.15) is 11.6 Å². The number of tetrazole rings is 1. The third-order valence-electron chi connectivity index (χ3n) is 3.01. The van der Waals surface area contributed by atoms with E-state index in [2.05, 4.69) is 15.5 Å². The van der Waals surface area contributed by atoms with Crippen LogP contribution >= 0.6 is 0 Å². The topological polar surface area (TPSA) is 78.8 Å². The highest BCUT2D eigenvalue weighted by Crippen LogP contribution is 2.31. The fourth-order valence-corrected chi connectivity index (χ4v) is 2.01. The Kier molecular flexibility index (Phi) is 3.23. The summed E-state index contributed by atoms with van der Waals surface area (Å²) < 4.78 is 19.8. The number of methoxy groups -OCH3 is 1. The van der Waals surface area contributed by atoms with Crippen LogP contribution in [0.2, 0.25) is 0 Å². The van der Waals surface area contributed by atoms with Crippen LogP contribution in [0.25, 0.3) is 17.1 Å². The summed E-state index contributed by atoms with van der Waals surface area (Å²) in [5.41, 5.74) is 7.68. The van der Waals surface area contributed by atoms with Crippen LogP contribution in [0.1, 0.15) is 0 Å². The zero-order valence-electron chi connectivity index (χ0n) is 11.2. The summed E-state index contributed by atoms with van der Waals surface area (Å²) in [5.74, 6) is 0.739. The van der Waals surface area contributed by atoms with E-state index >= 15 is 0 Å². The fraction of sp³-hybridized carbons (Fsp3) is 0.0714. The lowest BCUT2D eigenvalue weighted by molar-refractivity contribution is 0.416. The van der Waals surface area contributed by atoms with Gasteiger partial charge in [0.2, 0.25) is 0 Å². The van der Waals surface area contributed by atoms with Crippen LogP contribution in [0.4, 0.5) is 10.1 Å². The van der Waals surface area contributed by atoms with Crippen LogP contribution in [0.5, 0.6) is 5.75 Å². The van der Waals surface area contributed by atoms with E-state index in [9.17, 15) is 4.39 Å². The minimum atomic E-state index is -0.324. The van der Waals surface area contributed by atoms with E-state index in [4.69, 9.17) is 10.5 Å². The Morgan fingerprint density at radius 1 is 1.14 bits per heavy atom. The van der Waals surface area contributed by atoms with E-state index in [0.29, 0.717) is 28.5 Å². The molecule has 3 rings (SSSR count). The number of nitrogen functional groups attached to an aromatic ring is 1. The molecule has 1 aromatic heterocycles. The normalized spacial score (nSPS) is 10.6. The van der Waals surface area contributed by atoms with Gasteiger partial charge in [-0.3, -0.25) is 0 Å². The predicted octanol–water partition coefficient (Wildman–Crippen LogP) is 2.06. The first-order valence-corrected chi connectivity index (χ1v) is 6.17. The molecular formula is C14H12FN5O. The quantitative estimate of drug-likeness (QED) is 0.745. The van der Waals surface area contributed by atoms with E-state index in [-0.39, 0.29) is 5.82 Å². The zero-order valence-corrected chi connectivity index (χ0v) is 11.2. The number of anilines is 1. The molecule has 0 radical (unpaired) electrons. The Balaban J connectivity index is 2.15. The lowest BCUT2D eigenvalue weighted by Crippen LogP contribution is -2.01. The molecule has 1 heterocycles. The van der Waals surface area contributed by atoms with Gasteiger partial charge in [-0.2, -0.15) is 4.68 Å². The van der Waals surface area contributed by atoms with Crippen molar-refractivity contribution < 1.29 is 9.13 Å². The SMILES string of the molecule is COc1ccc(N)cc1-c1nnnn1-c1ccc(F)cc1. The van der Waals surface area contributed by atoms with Crippen LogP contribution in [-0.2, 0) is 0 Å². The minimum absolute atomic E-state index is 0.324. The molecule has 0 aliphatic carbocycles. The van der Waals surface area contributed by atoms with Crippen molar-refractivity contribution >= 4 is 5.69 Å². The smallest absolute Gasteiger partial charge is 0.190 e. The molecule has 0 atom stereocenters. The Morgan fingerprint density at radius 2 is 1.90 bits per heavy atom. The second-order valence-electron chi connectivity index (χ2n) is 4.35. The van der Waals surface area contributed by atoms with Crippen LogP contribution in [0, 0.1) is 5.82 Å². The molecule has 0 bridgehead atoms. The van der Waals surface area contributed by atoms with Gasteiger partial charge < -0.3 is 10.5 Å². The maximum Gasteiger partial charge on any atom is 0.190 e. The average Bonchev–Trinajstić information content (AvgIpc) is 2.97. The van der Waals surface area contributed by atoms with Gasteiger partial charge in [-0.1, -0.05) is 0 Å². The molecule has 21 heavy (non-hydrogen) atoms. The predicted molar refractivity (Wildman–Crippen MR) is 75.5 cm³/mol. The summed E-state index contributed by atoms with van der Waals surface area (Å²) in [6.07, 6.45) is 0. The molecule has 0 saturated heterocycles. The Bertz CT molecular complexity index is 769. The summed E-state index contributed by atoms with van der Waals surface area (Å²) in [7, 11) is 1.56. The summed E-state index contributed by atoms with van der Waals surface area (Å²) in [4.78, 5) is 0. The maximum atomic E-state index is 13.0. The number of benzene rings is 2. The average molecular weight is 285 g/mol. The number of ether oxygens (including phenoxy) is 1. The maximum absolute atomic E-state index is 13.0. The van der Waals surface area contributed by atoms with E-state index in [0.717, 1.165) is 0 Å². The van der Waals surface area contributed by atoms with E-state index < -0.39 is 0 Å². The van der Waals surface area contributed by atoms with Gasteiger partial charge in [-0.05, 0) is 52.9 Å². The van der Waals surface area contributed by atoms with Crippen molar-refractivity contribution in [3.05, 3.63) is 48.3 Å². The first-order valence-electron chi connectivity index (χ1n) is 6.17. The second-order valence-corrected chi connectivity index (χ2v) is 4.35. The molecule has 0 amide bonds. The summed E-state index contributed by atoms with van der Waals surface area (Å²) in [5, 5.41) is 11.6. The van der Waals surface area contributed by atoms with Gasteiger partial charge in [0, 0.05) is 5.69 Å². The van der Waals surface area contributed by atoms with E-state index in [1.165, 1.54) is 16.8 Å². The number of nitrogens with zero attached hydrogens (tertiary/aromatic N) is 4. The van der Waals surface area contributed by atoms with Crippen molar-refractivity contribution in [1.29, 1.82) is 0 Å². The number of hydrogen-bond acceptors (Lipinski definition) is 5. The van der Waals surface area contributed by atoms with Gasteiger partial charge >= 0.3 is 0 Å². The Hall–Kier alpha value is -2.96. The third kappa shape index (κ3) is 2.40. The lowest BCUT2D eigenvalue weighted by Gasteiger charge is -2.09. The molecule has 2 N–H and O–H groups in total.